The van der Waals surface area contributed by atoms with Crippen LogP contribution in [0.2, 0.25) is 0 Å². The van der Waals surface area contributed by atoms with E-state index < -0.39 is 5.97 Å². The molecule has 0 heterocycles. The van der Waals surface area contributed by atoms with Gasteiger partial charge >= 0.3 is 11.9 Å². The minimum absolute atomic E-state index is 0.0232. The van der Waals surface area contributed by atoms with Gasteiger partial charge in [-0.3, -0.25) is 9.59 Å². The number of carboxylic acids is 1. The lowest BCUT2D eigenvalue weighted by atomic mass is 10.0. The highest BCUT2D eigenvalue weighted by Gasteiger charge is 2.13. The first-order valence-electron chi connectivity index (χ1n) is 13.3. The van der Waals surface area contributed by atoms with Gasteiger partial charge in [0.15, 0.2) is 0 Å². The molecule has 0 aromatic rings. The van der Waals surface area contributed by atoms with Crippen molar-refractivity contribution in [2.75, 3.05) is 0 Å². The molecule has 186 valence electrons. The molecule has 0 radical (unpaired) electrons. The number of ether oxygens (including phenoxy) is 1. The zero-order valence-electron chi connectivity index (χ0n) is 21.0. The Morgan fingerprint density at radius 2 is 1.25 bits per heavy atom. The van der Waals surface area contributed by atoms with Crippen molar-refractivity contribution in [2.24, 2.45) is 0 Å². The number of aliphatic carboxylic acids is 1. The van der Waals surface area contributed by atoms with E-state index >= 15 is 0 Å². The lowest BCUT2D eigenvalue weighted by Gasteiger charge is -2.18. The van der Waals surface area contributed by atoms with E-state index in [0.29, 0.717) is 6.42 Å². The summed E-state index contributed by atoms with van der Waals surface area (Å²) in [7, 11) is 0. The molecule has 4 heteroatoms. The molecule has 4 nitrogen and oxygen atoms in total. The van der Waals surface area contributed by atoms with Gasteiger partial charge in [0.05, 0.1) is 0 Å². The lowest BCUT2D eigenvalue weighted by Crippen LogP contribution is -2.18. The maximum absolute atomic E-state index is 12.2. The number of allylic oxidation sites excluding steroid dienone is 4. The summed E-state index contributed by atoms with van der Waals surface area (Å²) < 4.78 is 5.80. The number of hydrogen-bond donors (Lipinski definition) is 1. The van der Waals surface area contributed by atoms with Gasteiger partial charge in [0.2, 0.25) is 0 Å². The van der Waals surface area contributed by atoms with E-state index in [4.69, 9.17) is 9.84 Å². The van der Waals surface area contributed by atoms with Crippen molar-refractivity contribution in [3.63, 3.8) is 0 Å². The zero-order chi connectivity index (χ0) is 23.7. The van der Waals surface area contributed by atoms with Crippen LogP contribution in [0, 0.1) is 0 Å². The van der Waals surface area contributed by atoms with Crippen LogP contribution in [0.3, 0.4) is 0 Å². The first-order chi connectivity index (χ1) is 15.6. The van der Waals surface area contributed by atoms with Gasteiger partial charge in [-0.05, 0) is 64.2 Å². The largest absolute Gasteiger partial charge is 0.481 e. The van der Waals surface area contributed by atoms with Crippen molar-refractivity contribution in [1.29, 1.82) is 0 Å². The summed E-state index contributed by atoms with van der Waals surface area (Å²) in [4.78, 5) is 22.7. The molecule has 0 aromatic carbocycles. The monoisotopic (exact) mass is 450 g/mol. The third-order valence-corrected chi connectivity index (χ3v) is 5.68. The van der Waals surface area contributed by atoms with Crippen molar-refractivity contribution >= 4 is 11.9 Å². The summed E-state index contributed by atoms with van der Waals surface area (Å²) in [5.74, 6) is -0.759. The van der Waals surface area contributed by atoms with Gasteiger partial charge in [-0.25, -0.2) is 0 Å². The molecule has 0 fully saturated rings. The SMILES string of the molecule is CCCCC/C=C\C/C=C\CCCC(CCCCCCCC(=O)O)OC(=O)CCCCC. The van der Waals surface area contributed by atoms with Gasteiger partial charge in [-0.2, -0.15) is 0 Å². The molecule has 0 bridgehead atoms. The van der Waals surface area contributed by atoms with Crippen LogP contribution in [0.4, 0.5) is 0 Å². The first-order valence-corrected chi connectivity index (χ1v) is 13.3. The fourth-order valence-electron chi connectivity index (χ4n) is 3.69. The van der Waals surface area contributed by atoms with Crippen LogP contribution in [-0.4, -0.2) is 23.1 Å². The van der Waals surface area contributed by atoms with E-state index in [1.807, 2.05) is 0 Å². The first kappa shape index (κ1) is 30.4. The van der Waals surface area contributed by atoms with E-state index in [1.54, 1.807) is 0 Å². The molecule has 0 aliphatic carbocycles. The quantitative estimate of drug-likeness (QED) is 0.0962. The minimum atomic E-state index is -0.711. The number of esters is 1. The number of carboxylic acid groups (broad SMARTS) is 1. The van der Waals surface area contributed by atoms with Crippen LogP contribution < -0.4 is 0 Å². The number of rotatable bonds is 23. The highest BCUT2D eigenvalue weighted by molar-refractivity contribution is 5.69. The highest BCUT2D eigenvalue weighted by Crippen LogP contribution is 2.17. The molecule has 0 aromatic heterocycles. The Bertz CT molecular complexity index is 496. The number of unbranched alkanes of at least 4 members (excludes halogenated alkanes) is 10. The number of carbonyl (C=O) groups is 2. The second-order valence-corrected chi connectivity index (χ2v) is 8.87. The Balaban J connectivity index is 4.11. The Labute approximate surface area is 197 Å². The predicted molar refractivity (Wildman–Crippen MR) is 135 cm³/mol. The van der Waals surface area contributed by atoms with Crippen LogP contribution in [0.15, 0.2) is 24.3 Å². The molecule has 0 saturated heterocycles. The molecule has 1 atom stereocenters. The second kappa shape index (κ2) is 24.1. The standard InChI is InChI=1S/C28H50O4/c1-3-5-7-8-9-10-11-12-13-15-19-22-26(32-28(31)25-18-6-4-2)23-20-16-14-17-21-24-27(29)30/h9-10,12-13,26H,3-8,11,14-25H2,1-2H3,(H,29,30)/b10-9-,13-12-. The third kappa shape index (κ3) is 23.1. The van der Waals surface area contributed by atoms with Crippen molar-refractivity contribution in [2.45, 2.75) is 142 Å². The molecule has 0 spiro atoms. The van der Waals surface area contributed by atoms with E-state index in [-0.39, 0.29) is 18.5 Å². The Morgan fingerprint density at radius 1 is 0.688 bits per heavy atom. The average molecular weight is 451 g/mol. The average Bonchev–Trinajstić information content (AvgIpc) is 2.76. The van der Waals surface area contributed by atoms with Crippen molar-refractivity contribution in [3.8, 4) is 0 Å². The van der Waals surface area contributed by atoms with Crippen molar-refractivity contribution in [1.82, 2.24) is 0 Å². The van der Waals surface area contributed by atoms with E-state index in [0.717, 1.165) is 83.5 Å². The van der Waals surface area contributed by atoms with Gasteiger partial charge in [0.1, 0.15) is 6.10 Å². The Morgan fingerprint density at radius 3 is 1.94 bits per heavy atom. The summed E-state index contributed by atoms with van der Waals surface area (Å²) in [6.45, 7) is 4.37. The normalized spacial score (nSPS) is 12.6. The molecular weight excluding hydrogens is 400 g/mol. The summed E-state index contributed by atoms with van der Waals surface area (Å²) in [6, 6.07) is 0. The van der Waals surface area contributed by atoms with Crippen molar-refractivity contribution in [3.05, 3.63) is 24.3 Å². The van der Waals surface area contributed by atoms with E-state index in [9.17, 15) is 9.59 Å². The summed E-state index contributed by atoms with van der Waals surface area (Å²) in [5.41, 5.74) is 0. The molecule has 0 aliphatic rings. The van der Waals surface area contributed by atoms with Gasteiger partial charge in [-0.15, -0.1) is 0 Å². The van der Waals surface area contributed by atoms with Crippen molar-refractivity contribution < 1.29 is 19.4 Å². The predicted octanol–water partition coefficient (Wildman–Crippen LogP) is 8.55. The third-order valence-electron chi connectivity index (χ3n) is 5.68. The van der Waals surface area contributed by atoms with E-state index in [2.05, 4.69) is 38.2 Å². The molecule has 1 N–H and O–H groups in total. The van der Waals surface area contributed by atoms with Gasteiger partial charge in [0, 0.05) is 12.8 Å². The van der Waals surface area contributed by atoms with Gasteiger partial charge < -0.3 is 9.84 Å². The fourth-order valence-corrected chi connectivity index (χ4v) is 3.69. The number of hydrogen-bond acceptors (Lipinski definition) is 3. The maximum Gasteiger partial charge on any atom is 0.306 e. The maximum atomic E-state index is 12.2. The molecule has 0 rings (SSSR count). The lowest BCUT2D eigenvalue weighted by molar-refractivity contribution is -0.150. The van der Waals surface area contributed by atoms with Crippen LogP contribution in [0.1, 0.15) is 136 Å². The van der Waals surface area contributed by atoms with Gasteiger partial charge in [0.25, 0.3) is 0 Å². The number of carbonyl (C=O) groups excluding carboxylic acids is 1. The zero-order valence-corrected chi connectivity index (χ0v) is 21.0. The Hall–Kier alpha value is -1.58. The van der Waals surface area contributed by atoms with Crippen LogP contribution in [0.5, 0.6) is 0 Å². The van der Waals surface area contributed by atoms with Crippen LogP contribution >= 0.6 is 0 Å². The molecule has 32 heavy (non-hydrogen) atoms. The summed E-state index contributed by atoms with van der Waals surface area (Å²) in [6.07, 6.45) is 27.8. The fraction of sp³-hybridized carbons (Fsp3) is 0.786. The van der Waals surface area contributed by atoms with Gasteiger partial charge in [-0.1, -0.05) is 83.1 Å². The molecule has 1 unspecified atom stereocenters. The molecule has 0 amide bonds. The minimum Gasteiger partial charge on any atom is -0.481 e. The second-order valence-electron chi connectivity index (χ2n) is 8.87. The van der Waals surface area contributed by atoms with Crippen LogP contribution in [0.25, 0.3) is 0 Å². The molecular formula is C28H50O4. The summed E-state index contributed by atoms with van der Waals surface area (Å²) in [5, 5.41) is 8.70. The highest BCUT2D eigenvalue weighted by atomic mass is 16.5. The molecule has 0 aliphatic heterocycles. The topological polar surface area (TPSA) is 63.6 Å². The van der Waals surface area contributed by atoms with Crippen LogP contribution in [-0.2, 0) is 14.3 Å². The smallest absolute Gasteiger partial charge is 0.306 e. The summed E-state index contributed by atoms with van der Waals surface area (Å²) >= 11 is 0. The molecule has 0 saturated carbocycles. The Kier molecular flexibility index (Phi) is 22.9. The van der Waals surface area contributed by atoms with E-state index in [1.165, 1.54) is 25.7 Å².